The Morgan fingerprint density at radius 2 is 1.69 bits per heavy atom. The van der Waals surface area contributed by atoms with Gasteiger partial charge in [-0.3, -0.25) is 0 Å². The van der Waals surface area contributed by atoms with Crippen LogP contribution in [0.3, 0.4) is 0 Å². The van der Waals surface area contributed by atoms with Crippen molar-refractivity contribution in [2.45, 2.75) is 0 Å². The quantitative estimate of drug-likeness (QED) is 0.554. The Kier molecular flexibility index (Phi) is 16.3. The van der Waals surface area contributed by atoms with Gasteiger partial charge in [-0.2, -0.15) is 73.9 Å². The molecule has 1 aromatic carbocycles. The molecule has 1 rings (SSSR count). The van der Waals surface area contributed by atoms with E-state index in [2.05, 4.69) is 25.3 Å². The molecule has 0 fully saturated rings. The molecular formula is C12H12Y-2. The SMILES string of the molecule is C=C[C-]=CC=C.[Y].[c-]1ccccc1. The van der Waals surface area contributed by atoms with Gasteiger partial charge in [0.1, 0.15) is 0 Å². The van der Waals surface area contributed by atoms with Gasteiger partial charge in [-0.15, -0.1) is 0 Å². The first-order valence-electron chi connectivity index (χ1n) is 3.64. The van der Waals surface area contributed by atoms with Crippen molar-refractivity contribution >= 4 is 0 Å². The number of hydrogen-bond donors (Lipinski definition) is 0. The summed E-state index contributed by atoms with van der Waals surface area (Å²) in [5.74, 6) is 0. The standard InChI is InChI=1S/C6H5.C6H7.Y/c1-2-4-6-5-3-1;1-3-5-6-4-2;/h1-5H;3-5H,1-2H2;/q2*-1;. The summed E-state index contributed by atoms with van der Waals surface area (Å²) in [6, 6.07) is 12.5. The van der Waals surface area contributed by atoms with Crippen molar-refractivity contribution in [2.75, 3.05) is 0 Å². The minimum atomic E-state index is 0. The van der Waals surface area contributed by atoms with E-state index in [4.69, 9.17) is 0 Å². The van der Waals surface area contributed by atoms with E-state index in [1.165, 1.54) is 0 Å². The van der Waals surface area contributed by atoms with Crippen LogP contribution in [0.2, 0.25) is 0 Å². The van der Waals surface area contributed by atoms with E-state index < -0.39 is 0 Å². The third kappa shape index (κ3) is 14.4. The topological polar surface area (TPSA) is 0 Å². The molecule has 0 aromatic heterocycles. The Hall–Kier alpha value is -0.456. The first-order chi connectivity index (χ1) is 5.91. The van der Waals surface area contributed by atoms with Gasteiger partial charge in [0, 0.05) is 32.7 Å². The zero-order valence-corrected chi connectivity index (χ0v) is 10.4. The van der Waals surface area contributed by atoms with Crippen molar-refractivity contribution in [3.8, 4) is 0 Å². The Balaban J connectivity index is 0. The summed E-state index contributed by atoms with van der Waals surface area (Å²) in [6.45, 7) is 6.84. The molecule has 0 nitrogen and oxygen atoms in total. The molecule has 1 heteroatoms. The molecule has 0 amide bonds. The molecule has 65 valence electrons. The number of rotatable bonds is 2. The molecule has 1 aromatic rings. The van der Waals surface area contributed by atoms with Gasteiger partial charge in [0.05, 0.1) is 0 Å². The van der Waals surface area contributed by atoms with E-state index >= 15 is 0 Å². The molecule has 0 aliphatic heterocycles. The van der Waals surface area contributed by atoms with E-state index in [1.807, 2.05) is 30.3 Å². The van der Waals surface area contributed by atoms with Gasteiger partial charge in [-0.25, -0.2) is 0 Å². The van der Waals surface area contributed by atoms with Gasteiger partial charge >= 0.3 is 0 Å². The van der Waals surface area contributed by atoms with Gasteiger partial charge in [-0.05, 0) is 0 Å². The molecule has 0 bridgehead atoms. The van der Waals surface area contributed by atoms with Crippen LogP contribution in [-0.4, -0.2) is 0 Å². The molecule has 0 saturated heterocycles. The molecule has 0 N–H and O–H groups in total. The molecule has 0 aliphatic rings. The first kappa shape index (κ1) is 15.0. The van der Waals surface area contributed by atoms with Crippen LogP contribution in [-0.2, 0) is 32.7 Å². The maximum absolute atomic E-state index is 3.43. The normalized spacial score (nSPS) is 7.69. The van der Waals surface area contributed by atoms with E-state index in [9.17, 15) is 0 Å². The Bertz CT molecular complexity index is 187. The van der Waals surface area contributed by atoms with Gasteiger partial charge in [-0.1, -0.05) is 0 Å². The van der Waals surface area contributed by atoms with Crippen LogP contribution in [0.25, 0.3) is 0 Å². The van der Waals surface area contributed by atoms with Crippen molar-refractivity contribution in [3.05, 3.63) is 73.9 Å². The van der Waals surface area contributed by atoms with Crippen molar-refractivity contribution in [1.82, 2.24) is 0 Å². The molecule has 0 unspecified atom stereocenters. The van der Waals surface area contributed by atoms with Crippen molar-refractivity contribution in [2.24, 2.45) is 0 Å². The molecule has 0 atom stereocenters. The van der Waals surface area contributed by atoms with Crippen LogP contribution in [0, 0.1) is 12.1 Å². The fourth-order valence-corrected chi connectivity index (χ4v) is 0.478. The smallest absolute Gasteiger partial charge is 0 e. The van der Waals surface area contributed by atoms with Gasteiger partial charge in [0.15, 0.2) is 0 Å². The second-order valence-electron chi connectivity index (χ2n) is 1.85. The molecule has 0 aliphatic carbocycles. The van der Waals surface area contributed by atoms with Crippen molar-refractivity contribution in [3.63, 3.8) is 0 Å². The fourth-order valence-electron chi connectivity index (χ4n) is 0.478. The Morgan fingerprint density at radius 3 is 1.85 bits per heavy atom. The third-order valence-corrected chi connectivity index (χ3v) is 0.939. The number of benzene rings is 1. The Labute approximate surface area is 106 Å². The predicted molar refractivity (Wildman–Crippen MR) is 53.5 cm³/mol. The third-order valence-electron chi connectivity index (χ3n) is 0.939. The second-order valence-corrected chi connectivity index (χ2v) is 1.85. The molecule has 0 saturated carbocycles. The minimum Gasteiger partial charge on any atom is -0.194 e. The van der Waals surface area contributed by atoms with Gasteiger partial charge < -0.3 is 0 Å². The van der Waals surface area contributed by atoms with E-state index in [0.29, 0.717) is 0 Å². The largest absolute Gasteiger partial charge is 0.194 e. The average molecular weight is 245 g/mol. The molecule has 0 heterocycles. The fraction of sp³-hybridized carbons (Fsp3) is 0. The molecule has 13 heavy (non-hydrogen) atoms. The first-order valence-corrected chi connectivity index (χ1v) is 3.64. The zero-order valence-electron chi connectivity index (χ0n) is 7.61. The average Bonchev–Trinajstić information content (AvgIpc) is 2.18. The molecule has 0 spiro atoms. The van der Waals surface area contributed by atoms with Crippen LogP contribution in [0.1, 0.15) is 0 Å². The Morgan fingerprint density at radius 1 is 1.08 bits per heavy atom. The zero-order chi connectivity index (χ0) is 9.07. The van der Waals surface area contributed by atoms with Crippen LogP contribution >= 0.6 is 0 Å². The summed E-state index contributed by atoms with van der Waals surface area (Å²) in [4.78, 5) is 0. The van der Waals surface area contributed by atoms with Crippen LogP contribution in [0.4, 0.5) is 0 Å². The van der Waals surface area contributed by atoms with Gasteiger partial charge in [0.25, 0.3) is 0 Å². The van der Waals surface area contributed by atoms with Crippen LogP contribution in [0.15, 0.2) is 61.7 Å². The summed E-state index contributed by atoms with van der Waals surface area (Å²) < 4.78 is 0. The summed E-state index contributed by atoms with van der Waals surface area (Å²) in [5.41, 5.74) is 0. The summed E-state index contributed by atoms with van der Waals surface area (Å²) >= 11 is 0. The summed E-state index contributed by atoms with van der Waals surface area (Å²) in [6.07, 6.45) is 7.66. The minimum absolute atomic E-state index is 0. The molecule has 1 radical (unpaired) electrons. The summed E-state index contributed by atoms with van der Waals surface area (Å²) in [7, 11) is 0. The number of allylic oxidation sites excluding steroid dienone is 4. The number of hydrogen-bond acceptors (Lipinski definition) is 0. The van der Waals surface area contributed by atoms with Gasteiger partial charge in [0.2, 0.25) is 0 Å². The predicted octanol–water partition coefficient (Wildman–Crippen LogP) is 3.20. The van der Waals surface area contributed by atoms with E-state index in [1.54, 1.807) is 18.2 Å². The second kappa shape index (κ2) is 14.1. The van der Waals surface area contributed by atoms with Crippen molar-refractivity contribution < 1.29 is 32.7 Å². The maximum atomic E-state index is 3.43. The summed E-state index contributed by atoms with van der Waals surface area (Å²) in [5, 5.41) is 0. The van der Waals surface area contributed by atoms with E-state index in [-0.39, 0.29) is 32.7 Å². The van der Waals surface area contributed by atoms with Crippen LogP contribution in [0.5, 0.6) is 0 Å². The molecular weight excluding hydrogens is 233 g/mol. The van der Waals surface area contributed by atoms with Crippen molar-refractivity contribution in [1.29, 1.82) is 0 Å². The maximum Gasteiger partial charge on any atom is 0 e. The monoisotopic (exact) mass is 245 g/mol. The van der Waals surface area contributed by atoms with Crippen LogP contribution < -0.4 is 0 Å². The van der Waals surface area contributed by atoms with E-state index in [0.717, 1.165) is 0 Å².